The molecular formula is C26H20ClNO5. The van der Waals surface area contributed by atoms with E-state index >= 15 is 0 Å². The van der Waals surface area contributed by atoms with Crippen molar-refractivity contribution in [2.75, 3.05) is 7.11 Å². The van der Waals surface area contributed by atoms with Gasteiger partial charge >= 0.3 is 11.9 Å². The number of halogens is 1. The first-order valence-electron chi connectivity index (χ1n) is 10.1. The van der Waals surface area contributed by atoms with Crippen LogP contribution in [0, 0.1) is 13.8 Å². The number of carbonyl (C=O) groups excluding carboxylic acids is 2. The van der Waals surface area contributed by atoms with Gasteiger partial charge in [0.1, 0.15) is 0 Å². The number of aryl methyl sites for hydroxylation is 2. The fourth-order valence-electron chi connectivity index (χ4n) is 3.21. The van der Waals surface area contributed by atoms with Crippen LogP contribution in [0.5, 0.6) is 11.5 Å². The Balaban J connectivity index is 1.58. The van der Waals surface area contributed by atoms with E-state index in [0.717, 1.165) is 11.1 Å². The van der Waals surface area contributed by atoms with E-state index in [2.05, 4.69) is 4.99 Å². The zero-order valence-corrected chi connectivity index (χ0v) is 19.0. The van der Waals surface area contributed by atoms with E-state index in [0.29, 0.717) is 27.5 Å². The van der Waals surface area contributed by atoms with Crippen LogP contribution in [0.15, 0.2) is 71.4 Å². The molecule has 0 atom stereocenters. The molecule has 0 amide bonds. The molecule has 0 fully saturated rings. The first-order valence-corrected chi connectivity index (χ1v) is 10.5. The van der Waals surface area contributed by atoms with Gasteiger partial charge in [0.2, 0.25) is 5.90 Å². The molecule has 1 aliphatic rings. The molecule has 0 unspecified atom stereocenters. The summed E-state index contributed by atoms with van der Waals surface area (Å²) in [5.74, 6) is -0.280. The van der Waals surface area contributed by atoms with Gasteiger partial charge in [0.25, 0.3) is 0 Å². The maximum Gasteiger partial charge on any atom is 0.363 e. The topological polar surface area (TPSA) is 74.2 Å². The van der Waals surface area contributed by atoms with Gasteiger partial charge in [-0.2, -0.15) is 0 Å². The predicted octanol–water partition coefficient (Wildman–Crippen LogP) is 5.53. The second kappa shape index (κ2) is 9.30. The van der Waals surface area contributed by atoms with Crippen LogP contribution in [0.4, 0.5) is 0 Å². The van der Waals surface area contributed by atoms with Gasteiger partial charge in [0.05, 0.1) is 12.7 Å². The quantitative estimate of drug-likeness (QED) is 0.284. The highest BCUT2D eigenvalue weighted by molar-refractivity contribution is 6.31. The van der Waals surface area contributed by atoms with Crippen molar-refractivity contribution in [2.45, 2.75) is 13.8 Å². The van der Waals surface area contributed by atoms with E-state index in [1.165, 1.54) is 7.11 Å². The van der Waals surface area contributed by atoms with Crippen LogP contribution in [-0.2, 0) is 9.53 Å². The molecule has 1 heterocycles. The minimum Gasteiger partial charge on any atom is -0.493 e. The van der Waals surface area contributed by atoms with Crippen LogP contribution in [0.3, 0.4) is 0 Å². The Bertz CT molecular complexity index is 1330. The lowest BCUT2D eigenvalue weighted by Gasteiger charge is -2.10. The van der Waals surface area contributed by atoms with Crippen molar-refractivity contribution in [1.29, 1.82) is 0 Å². The molecule has 6 nitrogen and oxygen atoms in total. The van der Waals surface area contributed by atoms with Crippen molar-refractivity contribution < 1.29 is 23.8 Å². The molecule has 33 heavy (non-hydrogen) atoms. The minimum absolute atomic E-state index is 0.133. The molecule has 3 aromatic carbocycles. The summed E-state index contributed by atoms with van der Waals surface area (Å²) >= 11 is 6.17. The third kappa shape index (κ3) is 4.96. The molecule has 0 aliphatic carbocycles. The van der Waals surface area contributed by atoms with Gasteiger partial charge in [0, 0.05) is 10.6 Å². The van der Waals surface area contributed by atoms with Crippen molar-refractivity contribution in [3.63, 3.8) is 0 Å². The monoisotopic (exact) mass is 461 g/mol. The third-order valence-electron chi connectivity index (χ3n) is 4.99. The highest BCUT2D eigenvalue weighted by atomic mass is 35.5. The lowest BCUT2D eigenvalue weighted by molar-refractivity contribution is -0.129. The zero-order valence-electron chi connectivity index (χ0n) is 18.2. The van der Waals surface area contributed by atoms with Gasteiger partial charge in [-0.25, -0.2) is 14.6 Å². The van der Waals surface area contributed by atoms with E-state index in [4.69, 9.17) is 25.8 Å². The number of rotatable bonds is 5. The summed E-state index contributed by atoms with van der Waals surface area (Å²) in [6.07, 6.45) is 1.57. The van der Waals surface area contributed by atoms with E-state index in [1.54, 1.807) is 54.6 Å². The number of methoxy groups -OCH3 is 1. The standard InChI is InChI=1S/C26H20ClNO5/c1-15-5-4-6-19(11-15)25(29)32-22-10-8-17(13-23(22)31-3)12-21-26(30)33-24(28-21)18-9-7-16(2)20(27)14-18/h4-14H,1-3H3/b21-12-. The number of nitrogens with zero attached hydrogens (tertiary/aromatic N) is 1. The summed E-state index contributed by atoms with van der Waals surface area (Å²) in [6, 6.07) is 17.4. The average molecular weight is 462 g/mol. The highest BCUT2D eigenvalue weighted by Crippen LogP contribution is 2.31. The fourth-order valence-corrected chi connectivity index (χ4v) is 3.39. The van der Waals surface area contributed by atoms with Crippen LogP contribution >= 0.6 is 11.6 Å². The van der Waals surface area contributed by atoms with Crippen molar-refractivity contribution in [2.24, 2.45) is 4.99 Å². The summed E-state index contributed by atoms with van der Waals surface area (Å²) in [5.41, 5.74) is 3.67. The molecule has 3 aromatic rings. The number of carbonyl (C=O) groups is 2. The van der Waals surface area contributed by atoms with Gasteiger partial charge < -0.3 is 14.2 Å². The zero-order chi connectivity index (χ0) is 23.5. The van der Waals surface area contributed by atoms with Gasteiger partial charge in [-0.1, -0.05) is 41.4 Å². The first-order chi connectivity index (χ1) is 15.8. The maximum atomic E-state index is 12.5. The number of hydrogen-bond acceptors (Lipinski definition) is 6. The smallest absolute Gasteiger partial charge is 0.363 e. The molecule has 0 aromatic heterocycles. The second-order valence-electron chi connectivity index (χ2n) is 7.47. The maximum absolute atomic E-state index is 12.5. The summed E-state index contributed by atoms with van der Waals surface area (Å²) < 4.78 is 16.2. The summed E-state index contributed by atoms with van der Waals surface area (Å²) in [7, 11) is 1.47. The lowest BCUT2D eigenvalue weighted by atomic mass is 10.1. The summed E-state index contributed by atoms with van der Waals surface area (Å²) in [5, 5.41) is 0.559. The number of aliphatic imine (C=N–C) groups is 1. The molecule has 0 saturated carbocycles. The third-order valence-corrected chi connectivity index (χ3v) is 5.39. The van der Waals surface area contributed by atoms with Crippen LogP contribution in [0.1, 0.15) is 32.6 Å². The van der Waals surface area contributed by atoms with Crippen molar-refractivity contribution in [1.82, 2.24) is 0 Å². The first kappa shape index (κ1) is 22.3. The predicted molar refractivity (Wildman–Crippen MR) is 126 cm³/mol. The minimum atomic E-state index is -0.574. The Morgan fingerprint density at radius 3 is 2.58 bits per heavy atom. The fraction of sp³-hybridized carbons (Fsp3) is 0.115. The summed E-state index contributed by atoms with van der Waals surface area (Å²) in [4.78, 5) is 29.1. The number of esters is 2. The van der Waals surface area contributed by atoms with Crippen molar-refractivity contribution in [3.8, 4) is 11.5 Å². The number of benzene rings is 3. The number of hydrogen-bond donors (Lipinski definition) is 0. The van der Waals surface area contributed by atoms with Gasteiger partial charge in [-0.05, 0) is 67.4 Å². The molecular weight excluding hydrogens is 442 g/mol. The highest BCUT2D eigenvalue weighted by Gasteiger charge is 2.24. The van der Waals surface area contributed by atoms with Gasteiger partial charge in [-0.3, -0.25) is 0 Å². The Morgan fingerprint density at radius 2 is 1.85 bits per heavy atom. The van der Waals surface area contributed by atoms with E-state index in [-0.39, 0.29) is 17.3 Å². The largest absolute Gasteiger partial charge is 0.493 e. The van der Waals surface area contributed by atoms with Crippen LogP contribution in [-0.4, -0.2) is 24.9 Å². The molecule has 0 bridgehead atoms. The Kier molecular flexibility index (Phi) is 6.29. The van der Waals surface area contributed by atoms with Crippen LogP contribution < -0.4 is 9.47 Å². The Labute approximate surface area is 196 Å². The summed E-state index contributed by atoms with van der Waals surface area (Å²) in [6.45, 7) is 3.78. The molecule has 7 heteroatoms. The van der Waals surface area contributed by atoms with Gasteiger partial charge in [-0.15, -0.1) is 0 Å². The molecule has 0 radical (unpaired) electrons. The molecule has 0 spiro atoms. The number of ether oxygens (including phenoxy) is 3. The number of cyclic esters (lactones) is 1. The van der Waals surface area contributed by atoms with E-state index < -0.39 is 11.9 Å². The van der Waals surface area contributed by atoms with Crippen LogP contribution in [0.2, 0.25) is 5.02 Å². The van der Waals surface area contributed by atoms with E-state index in [9.17, 15) is 9.59 Å². The molecule has 0 saturated heterocycles. The van der Waals surface area contributed by atoms with E-state index in [1.807, 2.05) is 26.0 Å². The average Bonchev–Trinajstić information content (AvgIpc) is 3.16. The molecule has 166 valence electrons. The SMILES string of the molecule is COc1cc(/C=C2\N=C(c3ccc(C)c(Cl)c3)OC2=O)ccc1OC(=O)c1cccc(C)c1. The molecule has 0 N–H and O–H groups in total. The second-order valence-corrected chi connectivity index (χ2v) is 7.88. The molecule has 4 rings (SSSR count). The molecule has 1 aliphatic heterocycles. The van der Waals surface area contributed by atoms with Crippen molar-refractivity contribution in [3.05, 3.63) is 99.2 Å². The Hall–Kier alpha value is -3.90. The normalized spacial score (nSPS) is 14.1. The van der Waals surface area contributed by atoms with Gasteiger partial charge in [0.15, 0.2) is 17.2 Å². The van der Waals surface area contributed by atoms with Crippen molar-refractivity contribution >= 4 is 35.5 Å². The lowest BCUT2D eigenvalue weighted by Crippen LogP contribution is -2.09. The Morgan fingerprint density at radius 1 is 1.03 bits per heavy atom. The van der Waals surface area contributed by atoms with Crippen LogP contribution in [0.25, 0.3) is 6.08 Å².